The van der Waals surface area contributed by atoms with Gasteiger partial charge in [0, 0.05) is 26.2 Å². The van der Waals surface area contributed by atoms with E-state index in [-0.39, 0.29) is 29.7 Å². The lowest BCUT2D eigenvalue weighted by molar-refractivity contribution is 0.0664. The Labute approximate surface area is 153 Å². The van der Waals surface area contributed by atoms with Gasteiger partial charge in [-0.2, -0.15) is 4.31 Å². The molecule has 1 fully saturated rings. The van der Waals surface area contributed by atoms with Crippen molar-refractivity contribution in [2.45, 2.75) is 18.7 Å². The molecule has 1 aromatic carbocycles. The minimum absolute atomic E-state index is 0.212. The van der Waals surface area contributed by atoms with Crippen LogP contribution in [0, 0.1) is 6.92 Å². The zero-order valence-electron chi connectivity index (χ0n) is 14.8. The molecule has 8 heteroatoms. The first-order valence-corrected chi connectivity index (χ1v) is 9.94. The van der Waals surface area contributed by atoms with Crippen LogP contribution in [0.3, 0.4) is 0 Å². The van der Waals surface area contributed by atoms with Crippen molar-refractivity contribution in [1.82, 2.24) is 9.21 Å². The van der Waals surface area contributed by atoms with Crippen molar-refractivity contribution in [1.29, 1.82) is 0 Å². The van der Waals surface area contributed by atoms with Crippen LogP contribution in [0.15, 0.2) is 45.7 Å². The van der Waals surface area contributed by atoms with Gasteiger partial charge >= 0.3 is 0 Å². The molecule has 0 bridgehead atoms. The van der Waals surface area contributed by atoms with Crippen LogP contribution in [0.1, 0.15) is 23.2 Å². The second-order valence-electron chi connectivity index (χ2n) is 6.01. The summed E-state index contributed by atoms with van der Waals surface area (Å²) in [4.78, 5) is 14.2. The van der Waals surface area contributed by atoms with Gasteiger partial charge in [-0.05, 0) is 50.2 Å². The van der Waals surface area contributed by atoms with Crippen LogP contribution in [0.2, 0.25) is 0 Å². The van der Waals surface area contributed by atoms with Crippen molar-refractivity contribution in [3.8, 4) is 5.75 Å². The van der Waals surface area contributed by atoms with Gasteiger partial charge in [0.2, 0.25) is 10.0 Å². The number of sulfonamides is 1. The fourth-order valence-electron chi connectivity index (χ4n) is 2.86. The third kappa shape index (κ3) is 3.76. The molecule has 7 nitrogen and oxygen atoms in total. The van der Waals surface area contributed by atoms with Gasteiger partial charge in [-0.15, -0.1) is 0 Å². The van der Waals surface area contributed by atoms with E-state index in [2.05, 4.69) is 0 Å². The smallest absolute Gasteiger partial charge is 0.289 e. The molecule has 1 saturated heterocycles. The lowest BCUT2D eigenvalue weighted by Gasteiger charge is -2.33. The molecular weight excluding hydrogens is 356 g/mol. The topological polar surface area (TPSA) is 80.1 Å². The van der Waals surface area contributed by atoms with Crippen LogP contribution < -0.4 is 4.74 Å². The van der Waals surface area contributed by atoms with Gasteiger partial charge in [0.05, 0.1) is 11.5 Å². The van der Waals surface area contributed by atoms with Crippen molar-refractivity contribution in [3.63, 3.8) is 0 Å². The van der Waals surface area contributed by atoms with Gasteiger partial charge in [0.15, 0.2) is 5.76 Å². The number of carbonyl (C=O) groups is 1. The Balaban J connectivity index is 1.65. The van der Waals surface area contributed by atoms with Crippen LogP contribution >= 0.6 is 0 Å². The number of furan rings is 1. The number of benzene rings is 1. The minimum Gasteiger partial charge on any atom is -0.494 e. The predicted octanol–water partition coefficient (Wildman–Crippen LogP) is 2.13. The molecule has 1 aliphatic heterocycles. The summed E-state index contributed by atoms with van der Waals surface area (Å²) in [5, 5.41) is 0. The van der Waals surface area contributed by atoms with Gasteiger partial charge in [-0.25, -0.2) is 8.42 Å². The molecule has 0 N–H and O–H groups in total. The van der Waals surface area contributed by atoms with E-state index in [1.807, 2.05) is 6.92 Å². The highest BCUT2D eigenvalue weighted by molar-refractivity contribution is 7.89. The molecule has 0 atom stereocenters. The van der Waals surface area contributed by atoms with E-state index in [0.29, 0.717) is 31.2 Å². The Kier molecular flexibility index (Phi) is 5.33. The zero-order chi connectivity index (χ0) is 18.7. The summed E-state index contributed by atoms with van der Waals surface area (Å²) in [6.07, 6.45) is 0. The molecule has 2 aromatic rings. The van der Waals surface area contributed by atoms with E-state index in [4.69, 9.17) is 9.15 Å². The van der Waals surface area contributed by atoms with E-state index < -0.39 is 10.0 Å². The largest absolute Gasteiger partial charge is 0.494 e. The fourth-order valence-corrected chi connectivity index (χ4v) is 4.28. The predicted molar refractivity (Wildman–Crippen MR) is 95.7 cm³/mol. The number of amides is 1. The quantitative estimate of drug-likeness (QED) is 0.796. The lowest BCUT2D eigenvalue weighted by atomic mass is 10.3. The van der Waals surface area contributed by atoms with E-state index in [1.54, 1.807) is 48.2 Å². The highest BCUT2D eigenvalue weighted by Gasteiger charge is 2.31. The third-order valence-corrected chi connectivity index (χ3v) is 6.16. The van der Waals surface area contributed by atoms with E-state index in [1.165, 1.54) is 4.31 Å². The summed E-state index contributed by atoms with van der Waals surface area (Å²) in [5.74, 6) is 1.38. The van der Waals surface area contributed by atoms with Gasteiger partial charge in [0.1, 0.15) is 11.5 Å². The highest BCUT2D eigenvalue weighted by atomic mass is 32.2. The standard InChI is InChI=1S/C18H22N2O5S/c1-3-24-15-5-7-16(8-6-15)26(22,23)20-12-10-19(11-13-20)18(21)17-9-4-14(2)25-17/h4-9H,3,10-13H2,1-2H3. The van der Waals surface area contributed by atoms with Crippen LogP contribution in [0.25, 0.3) is 0 Å². The second kappa shape index (κ2) is 7.51. The average molecular weight is 378 g/mol. The molecule has 0 saturated carbocycles. The first kappa shape index (κ1) is 18.5. The maximum absolute atomic E-state index is 12.8. The maximum atomic E-state index is 12.8. The van der Waals surface area contributed by atoms with Crippen molar-refractivity contribution in [2.24, 2.45) is 0 Å². The van der Waals surface area contributed by atoms with Crippen molar-refractivity contribution in [3.05, 3.63) is 47.9 Å². The first-order chi connectivity index (χ1) is 12.4. The molecular formula is C18H22N2O5S. The Bertz CT molecular complexity index is 865. The molecule has 0 unspecified atom stereocenters. The molecule has 1 aliphatic rings. The van der Waals surface area contributed by atoms with Crippen LogP contribution in [0.5, 0.6) is 5.75 Å². The van der Waals surface area contributed by atoms with E-state index >= 15 is 0 Å². The second-order valence-corrected chi connectivity index (χ2v) is 7.95. The Morgan fingerprint density at radius 3 is 2.27 bits per heavy atom. The minimum atomic E-state index is -3.59. The summed E-state index contributed by atoms with van der Waals surface area (Å²) in [6, 6.07) is 9.76. The van der Waals surface area contributed by atoms with E-state index in [9.17, 15) is 13.2 Å². The lowest BCUT2D eigenvalue weighted by Crippen LogP contribution is -2.50. The Morgan fingerprint density at radius 1 is 1.08 bits per heavy atom. The van der Waals surface area contributed by atoms with Gasteiger partial charge in [-0.3, -0.25) is 4.79 Å². The molecule has 1 aromatic heterocycles. The average Bonchev–Trinajstić information content (AvgIpc) is 3.08. The van der Waals surface area contributed by atoms with Gasteiger partial charge < -0.3 is 14.1 Å². The van der Waals surface area contributed by atoms with Gasteiger partial charge in [-0.1, -0.05) is 0 Å². The molecule has 26 heavy (non-hydrogen) atoms. The Morgan fingerprint density at radius 2 is 1.73 bits per heavy atom. The SMILES string of the molecule is CCOc1ccc(S(=O)(=O)N2CCN(C(=O)c3ccc(C)o3)CC2)cc1. The molecule has 0 radical (unpaired) electrons. The number of piperazine rings is 1. The van der Waals surface area contributed by atoms with E-state index in [0.717, 1.165) is 0 Å². The number of rotatable bonds is 5. The maximum Gasteiger partial charge on any atom is 0.289 e. The highest BCUT2D eigenvalue weighted by Crippen LogP contribution is 2.21. The number of hydrogen-bond acceptors (Lipinski definition) is 5. The molecule has 2 heterocycles. The van der Waals surface area contributed by atoms with Gasteiger partial charge in [0.25, 0.3) is 5.91 Å². The Hall–Kier alpha value is -2.32. The summed E-state index contributed by atoms with van der Waals surface area (Å²) in [7, 11) is -3.59. The molecule has 3 rings (SSSR count). The van der Waals surface area contributed by atoms with Crippen molar-refractivity contribution >= 4 is 15.9 Å². The first-order valence-electron chi connectivity index (χ1n) is 8.50. The summed E-state index contributed by atoms with van der Waals surface area (Å²) >= 11 is 0. The summed E-state index contributed by atoms with van der Waals surface area (Å²) < 4.78 is 37.6. The normalized spacial score (nSPS) is 15.8. The van der Waals surface area contributed by atoms with Crippen molar-refractivity contribution in [2.75, 3.05) is 32.8 Å². The molecule has 1 amide bonds. The van der Waals surface area contributed by atoms with Crippen LogP contribution in [0.4, 0.5) is 0 Å². The number of nitrogens with zero attached hydrogens (tertiary/aromatic N) is 2. The monoisotopic (exact) mass is 378 g/mol. The molecule has 140 valence electrons. The summed E-state index contributed by atoms with van der Waals surface area (Å²) in [5.41, 5.74) is 0. The number of hydrogen-bond donors (Lipinski definition) is 0. The fraction of sp³-hybridized carbons (Fsp3) is 0.389. The number of carbonyl (C=O) groups excluding carboxylic acids is 1. The molecule has 0 spiro atoms. The molecule has 0 aliphatic carbocycles. The van der Waals surface area contributed by atoms with Crippen molar-refractivity contribution < 1.29 is 22.4 Å². The van der Waals surface area contributed by atoms with Crippen LogP contribution in [-0.4, -0.2) is 56.3 Å². The van der Waals surface area contributed by atoms with Crippen LogP contribution in [-0.2, 0) is 10.0 Å². The number of ether oxygens (including phenoxy) is 1. The summed E-state index contributed by atoms with van der Waals surface area (Å²) in [6.45, 7) is 5.33. The zero-order valence-corrected chi connectivity index (χ0v) is 15.7. The third-order valence-electron chi connectivity index (χ3n) is 4.25. The number of aryl methyl sites for hydroxylation is 1.